The zero-order valence-corrected chi connectivity index (χ0v) is 18.3. The summed E-state index contributed by atoms with van der Waals surface area (Å²) in [5, 5.41) is 12.0. The van der Waals surface area contributed by atoms with Crippen molar-refractivity contribution < 1.29 is 14.3 Å². The highest BCUT2D eigenvalue weighted by atomic mass is 127. The van der Waals surface area contributed by atoms with Crippen LogP contribution in [0.2, 0.25) is 0 Å². The Morgan fingerprint density at radius 1 is 1.21 bits per heavy atom. The fourth-order valence-electron chi connectivity index (χ4n) is 2.99. The first-order valence-electron chi connectivity index (χ1n) is 8.56. The molecule has 1 N–H and O–H groups in total. The van der Waals surface area contributed by atoms with Crippen LogP contribution in [0.1, 0.15) is 16.1 Å². The number of benzene rings is 1. The molecule has 7 nitrogen and oxygen atoms in total. The monoisotopic (exact) mass is 519 g/mol. The van der Waals surface area contributed by atoms with Gasteiger partial charge in [-0.25, -0.2) is 4.98 Å². The number of rotatable bonds is 4. The minimum atomic E-state index is -0.642. The quantitative estimate of drug-likeness (QED) is 0.254. The first-order chi connectivity index (χ1) is 14.0. The van der Waals surface area contributed by atoms with Gasteiger partial charge in [-0.3, -0.25) is 17.3 Å². The number of carbonyl (C=O) groups is 1. The van der Waals surface area contributed by atoms with Crippen LogP contribution in [-0.2, 0) is 6.54 Å². The van der Waals surface area contributed by atoms with E-state index in [9.17, 15) is 14.7 Å². The Kier molecular flexibility index (Phi) is 5.38. The molecule has 9 heteroatoms. The fourth-order valence-corrected chi connectivity index (χ4v) is 3.76. The number of furan rings is 1. The van der Waals surface area contributed by atoms with E-state index in [1.165, 1.54) is 20.1 Å². The van der Waals surface area contributed by atoms with Crippen molar-refractivity contribution in [1.29, 1.82) is 0 Å². The topological polar surface area (TPSA) is 88.6 Å². The van der Waals surface area contributed by atoms with Crippen LogP contribution in [0.15, 0.2) is 70.2 Å². The van der Waals surface area contributed by atoms with Gasteiger partial charge in [0, 0.05) is 6.20 Å². The van der Waals surface area contributed by atoms with Gasteiger partial charge in [0.05, 0.1) is 46.7 Å². The molecule has 1 unspecified atom stereocenters. The number of halogens is 1. The molecule has 146 valence electrons. The Hall–Kier alpha value is -2.71. The molecule has 0 aliphatic heterocycles. The highest BCUT2D eigenvalue weighted by Crippen LogP contribution is 2.28. The van der Waals surface area contributed by atoms with Crippen molar-refractivity contribution in [2.75, 3.05) is 0 Å². The maximum atomic E-state index is 13.3. The molecule has 29 heavy (non-hydrogen) atoms. The standard InChI is InChI=1S/C20H15IN3O4P/c21-23(11-13-3-2-10-28-13)19(26)16-17(25)15-4-1-9-22-18(15)24(20(16)27)12-5-7-14(29)8-6-12/h1-10,25H,11,29H2. The Morgan fingerprint density at radius 2 is 1.97 bits per heavy atom. The molecule has 0 saturated heterocycles. The van der Waals surface area contributed by atoms with E-state index < -0.39 is 11.5 Å². The van der Waals surface area contributed by atoms with E-state index in [4.69, 9.17) is 4.42 Å². The molecule has 1 atom stereocenters. The Morgan fingerprint density at radius 3 is 2.66 bits per heavy atom. The van der Waals surface area contributed by atoms with Gasteiger partial charge in [-0.05, 0) is 41.7 Å². The van der Waals surface area contributed by atoms with Crippen LogP contribution < -0.4 is 10.9 Å². The summed E-state index contributed by atoms with van der Waals surface area (Å²) in [6, 6.07) is 13.9. The van der Waals surface area contributed by atoms with Gasteiger partial charge in [-0.2, -0.15) is 0 Å². The lowest BCUT2D eigenvalue weighted by molar-refractivity contribution is 0.0873. The number of pyridine rings is 2. The van der Waals surface area contributed by atoms with E-state index in [1.807, 2.05) is 12.1 Å². The average molecular weight is 519 g/mol. The van der Waals surface area contributed by atoms with Gasteiger partial charge >= 0.3 is 0 Å². The van der Waals surface area contributed by atoms with Crippen LogP contribution >= 0.6 is 32.1 Å². The first kappa shape index (κ1) is 19.6. The molecule has 0 saturated carbocycles. The van der Waals surface area contributed by atoms with Gasteiger partial charge in [0.25, 0.3) is 11.5 Å². The zero-order valence-electron chi connectivity index (χ0n) is 14.9. The highest BCUT2D eigenvalue weighted by molar-refractivity contribution is 14.1. The summed E-state index contributed by atoms with van der Waals surface area (Å²) in [7, 11) is 2.58. The molecule has 0 aliphatic carbocycles. The summed E-state index contributed by atoms with van der Waals surface area (Å²) < 4.78 is 7.90. The normalized spacial score (nSPS) is 11.0. The maximum absolute atomic E-state index is 13.3. The van der Waals surface area contributed by atoms with E-state index in [1.54, 1.807) is 59.3 Å². The molecule has 4 aromatic rings. The molecular weight excluding hydrogens is 504 g/mol. The smallest absolute Gasteiger partial charge is 0.273 e. The molecule has 0 spiro atoms. The van der Waals surface area contributed by atoms with Gasteiger partial charge in [-0.1, -0.05) is 12.1 Å². The molecule has 0 aliphatic rings. The number of amides is 1. The summed E-state index contributed by atoms with van der Waals surface area (Å²) >= 11 is 1.81. The predicted molar refractivity (Wildman–Crippen MR) is 121 cm³/mol. The third kappa shape index (κ3) is 3.65. The van der Waals surface area contributed by atoms with Gasteiger partial charge in [0.1, 0.15) is 17.1 Å². The Labute approximate surface area is 181 Å². The number of nitrogens with zero attached hydrogens (tertiary/aromatic N) is 3. The molecule has 4 rings (SSSR count). The lowest BCUT2D eigenvalue weighted by atomic mass is 10.1. The van der Waals surface area contributed by atoms with Crippen LogP contribution in [0.5, 0.6) is 5.75 Å². The molecular formula is C20H15IN3O4P. The second-order valence-corrected chi connectivity index (χ2v) is 8.07. The second-order valence-electron chi connectivity index (χ2n) is 6.24. The average Bonchev–Trinajstić information content (AvgIpc) is 3.22. The Balaban J connectivity index is 1.91. The zero-order chi connectivity index (χ0) is 20.5. The first-order valence-corrected chi connectivity index (χ1v) is 10.1. The van der Waals surface area contributed by atoms with E-state index in [0.29, 0.717) is 16.8 Å². The number of fused-ring (bicyclic) bond motifs is 1. The lowest BCUT2D eigenvalue weighted by Crippen LogP contribution is -2.31. The van der Waals surface area contributed by atoms with Crippen LogP contribution in [-0.4, -0.2) is 23.7 Å². The van der Waals surface area contributed by atoms with Crippen LogP contribution in [0.3, 0.4) is 0 Å². The van der Waals surface area contributed by atoms with Gasteiger partial charge in [-0.15, -0.1) is 9.24 Å². The summed E-state index contributed by atoms with van der Waals surface area (Å²) in [4.78, 5) is 30.7. The van der Waals surface area contributed by atoms with Crippen molar-refractivity contribution in [3.63, 3.8) is 0 Å². The summed E-state index contributed by atoms with van der Waals surface area (Å²) in [6.07, 6.45) is 3.04. The van der Waals surface area contributed by atoms with Gasteiger partial charge < -0.3 is 9.52 Å². The summed E-state index contributed by atoms with van der Waals surface area (Å²) in [5.74, 6) is -0.444. The number of hydrogen-bond acceptors (Lipinski definition) is 5. The minimum Gasteiger partial charge on any atom is -0.506 e. The third-order valence-electron chi connectivity index (χ3n) is 4.37. The van der Waals surface area contributed by atoms with Gasteiger partial charge in [0.2, 0.25) is 0 Å². The molecule has 0 radical (unpaired) electrons. The SMILES string of the molecule is O=C(c1c(O)c2cccnc2n(-c2ccc(P)cc2)c1=O)N(I)Cc1ccco1. The molecule has 3 heterocycles. The number of carbonyl (C=O) groups excluding carboxylic acids is 1. The lowest BCUT2D eigenvalue weighted by Gasteiger charge is -2.17. The third-order valence-corrected chi connectivity index (χ3v) is 5.53. The van der Waals surface area contributed by atoms with Crippen molar-refractivity contribution in [1.82, 2.24) is 12.7 Å². The van der Waals surface area contributed by atoms with E-state index in [-0.39, 0.29) is 23.5 Å². The van der Waals surface area contributed by atoms with E-state index in [2.05, 4.69) is 14.2 Å². The molecule has 0 bridgehead atoms. The number of hydrogen-bond donors (Lipinski definition) is 1. The predicted octanol–water partition coefficient (Wildman–Crippen LogP) is 3.18. The van der Waals surface area contributed by atoms with Crippen molar-refractivity contribution in [3.8, 4) is 11.4 Å². The van der Waals surface area contributed by atoms with Crippen molar-refractivity contribution >= 4 is 54.3 Å². The summed E-state index contributed by atoms with van der Waals surface area (Å²) in [5.41, 5.74) is -0.142. The fraction of sp³-hybridized carbons (Fsp3) is 0.0500. The van der Waals surface area contributed by atoms with Crippen LogP contribution in [0.25, 0.3) is 16.7 Å². The molecule has 3 aromatic heterocycles. The van der Waals surface area contributed by atoms with Gasteiger partial charge in [0.15, 0.2) is 5.65 Å². The summed E-state index contributed by atoms with van der Waals surface area (Å²) in [6.45, 7) is 0.151. The van der Waals surface area contributed by atoms with E-state index in [0.717, 1.165) is 5.30 Å². The largest absolute Gasteiger partial charge is 0.506 e. The van der Waals surface area contributed by atoms with Crippen LogP contribution in [0.4, 0.5) is 0 Å². The van der Waals surface area contributed by atoms with Crippen LogP contribution in [0, 0.1) is 0 Å². The maximum Gasteiger partial charge on any atom is 0.273 e. The minimum absolute atomic E-state index is 0.151. The Bertz CT molecular complexity index is 1250. The molecule has 1 aromatic carbocycles. The molecule has 1 amide bonds. The van der Waals surface area contributed by atoms with Crippen molar-refractivity contribution in [2.45, 2.75) is 6.54 Å². The van der Waals surface area contributed by atoms with E-state index >= 15 is 0 Å². The highest BCUT2D eigenvalue weighted by Gasteiger charge is 2.27. The second kappa shape index (κ2) is 7.96. The number of aromatic nitrogens is 2. The van der Waals surface area contributed by atoms with Crippen molar-refractivity contribution in [2.24, 2.45) is 0 Å². The molecule has 0 fully saturated rings. The van der Waals surface area contributed by atoms with Crippen molar-refractivity contribution in [3.05, 3.63) is 82.7 Å². The number of aromatic hydroxyl groups is 1.